The van der Waals surface area contributed by atoms with Crippen LogP contribution in [-0.2, 0) is 19.6 Å². The quantitative estimate of drug-likeness (QED) is 0.753. The Morgan fingerprint density at radius 3 is 2.81 bits per heavy atom. The van der Waals surface area contributed by atoms with Gasteiger partial charge in [0.1, 0.15) is 4.21 Å². The molecule has 1 saturated heterocycles. The van der Waals surface area contributed by atoms with Gasteiger partial charge in [-0.25, -0.2) is 8.42 Å². The summed E-state index contributed by atoms with van der Waals surface area (Å²) in [5.74, 6) is -0.257. The zero-order valence-electron chi connectivity index (χ0n) is 12.0. The van der Waals surface area contributed by atoms with E-state index in [1.165, 1.54) is 15.6 Å². The molecule has 0 unspecified atom stereocenters. The van der Waals surface area contributed by atoms with Crippen LogP contribution in [-0.4, -0.2) is 62.9 Å². The number of hydrogen-bond donors (Lipinski definition) is 0. The molecule has 1 aliphatic rings. The van der Waals surface area contributed by atoms with Gasteiger partial charge in [0.15, 0.2) is 0 Å². The Hall–Kier alpha value is -0.960. The predicted octanol–water partition coefficient (Wildman–Crippen LogP) is 1.01. The lowest BCUT2D eigenvalue weighted by Gasteiger charge is -2.20. The largest absolute Gasteiger partial charge is 0.465 e. The third-order valence-electron chi connectivity index (χ3n) is 3.29. The molecule has 2 rings (SSSR count). The average molecular weight is 332 g/mol. The molecular formula is C13H20N2O4S2. The number of nitrogens with zero attached hydrogens (tertiary/aromatic N) is 2. The highest BCUT2D eigenvalue weighted by molar-refractivity contribution is 7.91. The van der Waals surface area contributed by atoms with Gasteiger partial charge in [-0.15, -0.1) is 11.3 Å². The Labute approximate surface area is 129 Å². The van der Waals surface area contributed by atoms with Crippen molar-refractivity contribution in [3.63, 3.8) is 0 Å². The fourth-order valence-electron chi connectivity index (χ4n) is 2.27. The second-order valence-electron chi connectivity index (χ2n) is 4.77. The third-order valence-corrected chi connectivity index (χ3v) is 6.57. The predicted molar refractivity (Wildman–Crippen MR) is 80.8 cm³/mol. The summed E-state index contributed by atoms with van der Waals surface area (Å²) in [5.41, 5.74) is 0. The normalized spacial score (nSPS) is 18.3. The first-order valence-electron chi connectivity index (χ1n) is 6.95. The van der Waals surface area contributed by atoms with E-state index in [2.05, 4.69) is 0 Å². The first-order chi connectivity index (χ1) is 10.0. The molecule has 0 atom stereocenters. The van der Waals surface area contributed by atoms with Crippen molar-refractivity contribution in [1.82, 2.24) is 9.21 Å². The minimum Gasteiger partial charge on any atom is -0.465 e. The number of carbonyl (C=O) groups is 1. The van der Waals surface area contributed by atoms with Crippen molar-refractivity contribution in [2.24, 2.45) is 0 Å². The van der Waals surface area contributed by atoms with Crippen LogP contribution in [0.25, 0.3) is 0 Å². The molecule has 1 aromatic heterocycles. The SMILES string of the molecule is CCOC(=O)CN1CCCN(S(=O)(=O)c2cccs2)CC1. The van der Waals surface area contributed by atoms with E-state index in [1.54, 1.807) is 24.4 Å². The van der Waals surface area contributed by atoms with E-state index in [0.717, 1.165) is 0 Å². The van der Waals surface area contributed by atoms with Crippen molar-refractivity contribution in [3.8, 4) is 0 Å². The van der Waals surface area contributed by atoms with Gasteiger partial charge in [-0.3, -0.25) is 9.69 Å². The summed E-state index contributed by atoms with van der Waals surface area (Å²) in [5, 5.41) is 1.76. The molecule has 0 bridgehead atoms. The number of hydrogen-bond acceptors (Lipinski definition) is 6. The van der Waals surface area contributed by atoms with E-state index in [1.807, 2.05) is 4.90 Å². The standard InChI is InChI=1S/C13H20N2O4S2/c1-2-19-12(16)11-14-6-4-7-15(9-8-14)21(17,18)13-5-3-10-20-13/h3,5,10H,2,4,6-9,11H2,1H3. The lowest BCUT2D eigenvalue weighted by Crippen LogP contribution is -2.36. The van der Waals surface area contributed by atoms with Gasteiger partial charge in [0.05, 0.1) is 13.2 Å². The fourth-order valence-corrected chi connectivity index (χ4v) is 4.89. The summed E-state index contributed by atoms with van der Waals surface area (Å²) in [6, 6.07) is 3.36. The molecule has 1 fully saturated rings. The highest BCUT2D eigenvalue weighted by atomic mass is 32.2. The van der Waals surface area contributed by atoms with Crippen molar-refractivity contribution >= 4 is 27.3 Å². The zero-order chi connectivity index (χ0) is 15.3. The Morgan fingerprint density at radius 2 is 2.14 bits per heavy atom. The van der Waals surface area contributed by atoms with Gasteiger partial charge < -0.3 is 4.74 Å². The van der Waals surface area contributed by atoms with Crippen LogP contribution in [0.1, 0.15) is 13.3 Å². The summed E-state index contributed by atoms with van der Waals surface area (Å²) in [6.07, 6.45) is 0.712. The summed E-state index contributed by atoms with van der Waals surface area (Å²) >= 11 is 1.23. The molecule has 21 heavy (non-hydrogen) atoms. The Morgan fingerprint density at radius 1 is 1.33 bits per heavy atom. The van der Waals surface area contributed by atoms with Gasteiger partial charge >= 0.3 is 5.97 Å². The molecule has 0 spiro atoms. The molecule has 118 valence electrons. The first kappa shape index (κ1) is 16.4. The molecule has 1 aliphatic heterocycles. The van der Waals surface area contributed by atoms with E-state index in [0.29, 0.717) is 43.4 Å². The molecule has 0 N–H and O–H groups in total. The van der Waals surface area contributed by atoms with Crippen molar-refractivity contribution < 1.29 is 17.9 Å². The molecular weight excluding hydrogens is 312 g/mol. The van der Waals surface area contributed by atoms with Crippen LogP contribution < -0.4 is 0 Å². The topological polar surface area (TPSA) is 66.9 Å². The molecule has 0 saturated carbocycles. The Kier molecular flexibility index (Phi) is 5.74. The second kappa shape index (κ2) is 7.35. The van der Waals surface area contributed by atoms with Crippen LogP contribution in [0.2, 0.25) is 0 Å². The maximum absolute atomic E-state index is 12.5. The smallest absolute Gasteiger partial charge is 0.320 e. The monoisotopic (exact) mass is 332 g/mol. The highest BCUT2D eigenvalue weighted by Gasteiger charge is 2.28. The number of thiophene rings is 1. The maximum atomic E-state index is 12.5. The minimum atomic E-state index is -3.40. The van der Waals surface area contributed by atoms with Crippen LogP contribution in [0.4, 0.5) is 0 Å². The van der Waals surface area contributed by atoms with E-state index < -0.39 is 10.0 Å². The molecule has 0 radical (unpaired) electrons. The van der Waals surface area contributed by atoms with Crippen LogP contribution in [0.15, 0.2) is 21.7 Å². The van der Waals surface area contributed by atoms with E-state index in [-0.39, 0.29) is 12.5 Å². The molecule has 1 aromatic rings. The number of ether oxygens (including phenoxy) is 1. The van der Waals surface area contributed by atoms with Crippen LogP contribution in [0, 0.1) is 0 Å². The van der Waals surface area contributed by atoms with Crippen molar-refractivity contribution in [3.05, 3.63) is 17.5 Å². The van der Waals surface area contributed by atoms with Crippen molar-refractivity contribution in [2.75, 3.05) is 39.3 Å². The Bertz CT molecular complexity index is 557. The van der Waals surface area contributed by atoms with Gasteiger partial charge in [0, 0.05) is 26.2 Å². The summed E-state index contributed by atoms with van der Waals surface area (Å²) in [7, 11) is -3.40. The van der Waals surface area contributed by atoms with Crippen LogP contribution >= 0.6 is 11.3 Å². The van der Waals surface area contributed by atoms with Crippen molar-refractivity contribution in [1.29, 1.82) is 0 Å². The molecule has 0 aliphatic carbocycles. The lowest BCUT2D eigenvalue weighted by atomic mass is 10.4. The Balaban J connectivity index is 1.96. The molecule has 8 heteroatoms. The fraction of sp³-hybridized carbons (Fsp3) is 0.615. The number of carbonyl (C=O) groups excluding carboxylic acids is 1. The second-order valence-corrected chi connectivity index (χ2v) is 7.88. The van der Waals surface area contributed by atoms with Gasteiger partial charge in [-0.2, -0.15) is 4.31 Å². The molecule has 2 heterocycles. The average Bonchev–Trinajstić information content (AvgIpc) is 2.87. The van der Waals surface area contributed by atoms with Gasteiger partial charge in [0.2, 0.25) is 0 Å². The van der Waals surface area contributed by atoms with Gasteiger partial charge in [-0.1, -0.05) is 6.07 Å². The summed E-state index contributed by atoms with van der Waals surface area (Å²) < 4.78 is 31.7. The maximum Gasteiger partial charge on any atom is 0.320 e. The summed E-state index contributed by atoms with van der Waals surface area (Å²) in [6.45, 7) is 4.50. The first-order valence-corrected chi connectivity index (χ1v) is 9.27. The summed E-state index contributed by atoms with van der Waals surface area (Å²) in [4.78, 5) is 13.4. The third kappa shape index (κ3) is 4.26. The minimum absolute atomic E-state index is 0.223. The van der Waals surface area contributed by atoms with Crippen LogP contribution in [0.5, 0.6) is 0 Å². The van der Waals surface area contributed by atoms with Crippen molar-refractivity contribution in [2.45, 2.75) is 17.6 Å². The van der Waals surface area contributed by atoms with E-state index in [9.17, 15) is 13.2 Å². The molecule has 0 aromatic carbocycles. The van der Waals surface area contributed by atoms with Gasteiger partial charge in [0.25, 0.3) is 10.0 Å². The van der Waals surface area contributed by atoms with E-state index >= 15 is 0 Å². The zero-order valence-corrected chi connectivity index (χ0v) is 13.7. The highest BCUT2D eigenvalue weighted by Crippen LogP contribution is 2.22. The van der Waals surface area contributed by atoms with Crippen LogP contribution in [0.3, 0.4) is 0 Å². The molecule has 6 nitrogen and oxygen atoms in total. The van der Waals surface area contributed by atoms with Gasteiger partial charge in [-0.05, 0) is 24.8 Å². The number of esters is 1. The number of sulfonamides is 1. The number of rotatable bonds is 5. The van der Waals surface area contributed by atoms with E-state index in [4.69, 9.17) is 4.74 Å². The lowest BCUT2D eigenvalue weighted by molar-refractivity contribution is -0.144. The molecule has 0 amide bonds.